The molecule has 2 aromatic carbocycles. The molecule has 2 heterocycles. The smallest absolute Gasteiger partial charge is 0.251 e. The summed E-state index contributed by atoms with van der Waals surface area (Å²) < 4.78 is 6.18. The van der Waals surface area contributed by atoms with Gasteiger partial charge in [-0.1, -0.05) is 36.4 Å². The number of hydrogen-bond donors (Lipinski definition) is 1. The maximum atomic E-state index is 12.4. The zero-order chi connectivity index (χ0) is 20.1. The zero-order valence-electron chi connectivity index (χ0n) is 16.1. The fourth-order valence-corrected chi connectivity index (χ4v) is 3.53. The molecule has 29 heavy (non-hydrogen) atoms. The molecule has 6 heteroatoms. The summed E-state index contributed by atoms with van der Waals surface area (Å²) in [6, 6.07) is 18.7. The Morgan fingerprint density at radius 2 is 1.76 bits per heavy atom. The molecular weight excluding hydrogens is 366 g/mol. The highest BCUT2D eigenvalue weighted by Gasteiger charge is 2.24. The van der Waals surface area contributed by atoms with Crippen molar-refractivity contribution in [2.24, 2.45) is 0 Å². The SMILES string of the molecule is O=C(NCC(=O)N1CCC(Oc2cccc3cccnc23)CC1)c1ccccc1. The van der Waals surface area contributed by atoms with Gasteiger partial charge in [0.15, 0.2) is 0 Å². The minimum Gasteiger partial charge on any atom is -0.488 e. The van der Waals surface area contributed by atoms with Crippen LogP contribution < -0.4 is 10.1 Å². The number of carbonyl (C=O) groups is 2. The lowest BCUT2D eigenvalue weighted by Gasteiger charge is -2.32. The number of para-hydroxylation sites is 1. The van der Waals surface area contributed by atoms with Gasteiger partial charge in [0.1, 0.15) is 17.4 Å². The van der Waals surface area contributed by atoms with E-state index in [2.05, 4.69) is 10.3 Å². The quantitative estimate of drug-likeness (QED) is 0.728. The summed E-state index contributed by atoms with van der Waals surface area (Å²) in [5, 5.41) is 3.75. The molecule has 3 aromatic rings. The Bertz CT molecular complexity index is 993. The number of hydrogen-bond acceptors (Lipinski definition) is 4. The van der Waals surface area contributed by atoms with E-state index in [1.165, 1.54) is 0 Å². The molecule has 0 bridgehead atoms. The third-order valence-electron chi connectivity index (χ3n) is 5.12. The molecule has 0 spiro atoms. The van der Waals surface area contributed by atoms with Gasteiger partial charge < -0.3 is 15.0 Å². The molecule has 1 saturated heterocycles. The normalized spacial score (nSPS) is 14.6. The van der Waals surface area contributed by atoms with Gasteiger partial charge >= 0.3 is 0 Å². The molecule has 0 atom stereocenters. The van der Waals surface area contributed by atoms with E-state index < -0.39 is 0 Å². The van der Waals surface area contributed by atoms with Crippen molar-refractivity contribution in [2.45, 2.75) is 18.9 Å². The Balaban J connectivity index is 1.28. The second-order valence-electron chi connectivity index (χ2n) is 7.08. The van der Waals surface area contributed by atoms with Crippen molar-refractivity contribution in [1.82, 2.24) is 15.2 Å². The maximum absolute atomic E-state index is 12.4. The van der Waals surface area contributed by atoms with Crippen molar-refractivity contribution < 1.29 is 14.3 Å². The number of rotatable bonds is 5. The molecule has 4 rings (SSSR count). The predicted molar refractivity (Wildman–Crippen MR) is 111 cm³/mol. The summed E-state index contributed by atoms with van der Waals surface area (Å²) in [4.78, 5) is 30.7. The highest BCUT2D eigenvalue weighted by Crippen LogP contribution is 2.26. The van der Waals surface area contributed by atoms with E-state index in [4.69, 9.17) is 4.74 Å². The van der Waals surface area contributed by atoms with Crippen molar-refractivity contribution >= 4 is 22.7 Å². The standard InChI is InChI=1S/C23H23N3O3/c27-21(16-25-23(28)18-6-2-1-3-7-18)26-14-11-19(12-15-26)29-20-10-4-8-17-9-5-13-24-22(17)20/h1-10,13,19H,11-12,14-16H2,(H,25,28). The van der Waals surface area contributed by atoms with E-state index in [0.717, 1.165) is 29.5 Å². The predicted octanol–water partition coefficient (Wildman–Crippen LogP) is 3.03. The first-order valence-electron chi connectivity index (χ1n) is 9.82. The van der Waals surface area contributed by atoms with Gasteiger partial charge in [-0.25, -0.2) is 0 Å². The van der Waals surface area contributed by atoms with E-state index in [-0.39, 0.29) is 24.5 Å². The first kappa shape index (κ1) is 18.9. The fourth-order valence-electron chi connectivity index (χ4n) is 3.53. The Kier molecular flexibility index (Phi) is 5.70. The third-order valence-corrected chi connectivity index (χ3v) is 5.12. The van der Waals surface area contributed by atoms with Gasteiger partial charge in [0.2, 0.25) is 5.91 Å². The fraction of sp³-hybridized carbons (Fsp3) is 0.261. The monoisotopic (exact) mass is 389 g/mol. The summed E-state index contributed by atoms with van der Waals surface area (Å²) in [7, 11) is 0. The van der Waals surface area contributed by atoms with Gasteiger partial charge in [-0.05, 0) is 24.3 Å². The molecule has 0 saturated carbocycles. The van der Waals surface area contributed by atoms with Crippen molar-refractivity contribution in [3.63, 3.8) is 0 Å². The van der Waals surface area contributed by atoms with Crippen LogP contribution in [0.25, 0.3) is 10.9 Å². The van der Waals surface area contributed by atoms with Crippen LogP contribution in [0.5, 0.6) is 5.75 Å². The van der Waals surface area contributed by atoms with E-state index >= 15 is 0 Å². The number of aromatic nitrogens is 1. The van der Waals surface area contributed by atoms with Crippen LogP contribution in [0, 0.1) is 0 Å². The molecule has 0 radical (unpaired) electrons. The number of nitrogens with zero attached hydrogens (tertiary/aromatic N) is 2. The van der Waals surface area contributed by atoms with Gasteiger partial charge in [0, 0.05) is 43.1 Å². The Labute approximate surface area is 169 Å². The lowest BCUT2D eigenvalue weighted by atomic mass is 10.1. The van der Waals surface area contributed by atoms with Crippen LogP contribution in [0.2, 0.25) is 0 Å². The lowest BCUT2D eigenvalue weighted by molar-refractivity contribution is -0.131. The number of fused-ring (bicyclic) bond motifs is 1. The van der Waals surface area contributed by atoms with E-state index in [0.29, 0.717) is 18.7 Å². The van der Waals surface area contributed by atoms with Crippen molar-refractivity contribution in [2.75, 3.05) is 19.6 Å². The molecule has 1 aromatic heterocycles. The largest absolute Gasteiger partial charge is 0.488 e. The van der Waals surface area contributed by atoms with Gasteiger partial charge in [0.25, 0.3) is 5.91 Å². The summed E-state index contributed by atoms with van der Waals surface area (Å²) in [6.45, 7) is 1.23. The zero-order valence-corrected chi connectivity index (χ0v) is 16.1. The number of amides is 2. The van der Waals surface area contributed by atoms with E-state index in [1.807, 2.05) is 36.4 Å². The van der Waals surface area contributed by atoms with E-state index in [1.54, 1.807) is 35.4 Å². The molecule has 1 aliphatic rings. The number of benzene rings is 2. The van der Waals surface area contributed by atoms with Crippen LogP contribution in [0.1, 0.15) is 23.2 Å². The minimum absolute atomic E-state index is 0.00644. The molecule has 0 unspecified atom stereocenters. The summed E-state index contributed by atoms with van der Waals surface area (Å²) >= 11 is 0. The number of carbonyl (C=O) groups excluding carboxylic acids is 2. The van der Waals surface area contributed by atoms with E-state index in [9.17, 15) is 9.59 Å². The number of likely N-dealkylation sites (tertiary alicyclic amines) is 1. The van der Waals surface area contributed by atoms with Crippen LogP contribution >= 0.6 is 0 Å². The number of pyridine rings is 1. The molecule has 1 aliphatic heterocycles. The van der Waals surface area contributed by atoms with Crippen LogP contribution in [0.15, 0.2) is 66.9 Å². The molecule has 148 valence electrons. The summed E-state index contributed by atoms with van der Waals surface area (Å²) in [5.74, 6) is 0.475. The summed E-state index contributed by atoms with van der Waals surface area (Å²) in [6.07, 6.45) is 3.31. The number of nitrogens with one attached hydrogen (secondary N) is 1. The molecule has 1 N–H and O–H groups in total. The first-order valence-corrected chi connectivity index (χ1v) is 9.82. The summed E-state index contributed by atoms with van der Waals surface area (Å²) in [5.41, 5.74) is 1.41. The van der Waals surface area contributed by atoms with Crippen LogP contribution in [-0.2, 0) is 4.79 Å². The molecule has 0 aliphatic carbocycles. The van der Waals surface area contributed by atoms with Gasteiger partial charge in [-0.15, -0.1) is 0 Å². The van der Waals surface area contributed by atoms with Gasteiger partial charge in [-0.2, -0.15) is 0 Å². The first-order chi connectivity index (χ1) is 14.2. The average molecular weight is 389 g/mol. The van der Waals surface area contributed by atoms with Gasteiger partial charge in [0.05, 0.1) is 6.54 Å². The second-order valence-corrected chi connectivity index (χ2v) is 7.08. The maximum Gasteiger partial charge on any atom is 0.251 e. The molecular formula is C23H23N3O3. The molecule has 6 nitrogen and oxygen atoms in total. The number of ether oxygens (including phenoxy) is 1. The van der Waals surface area contributed by atoms with Crippen LogP contribution in [0.3, 0.4) is 0 Å². The molecule has 2 amide bonds. The number of piperidine rings is 1. The second kappa shape index (κ2) is 8.73. The Hall–Kier alpha value is -3.41. The van der Waals surface area contributed by atoms with Crippen LogP contribution in [0.4, 0.5) is 0 Å². The Morgan fingerprint density at radius 1 is 1.00 bits per heavy atom. The highest BCUT2D eigenvalue weighted by molar-refractivity contribution is 5.96. The minimum atomic E-state index is -0.236. The third kappa shape index (κ3) is 4.54. The van der Waals surface area contributed by atoms with Crippen molar-refractivity contribution in [3.05, 3.63) is 72.4 Å². The average Bonchev–Trinajstić information content (AvgIpc) is 2.78. The van der Waals surface area contributed by atoms with Crippen molar-refractivity contribution in [3.8, 4) is 5.75 Å². The molecule has 1 fully saturated rings. The van der Waals surface area contributed by atoms with Crippen molar-refractivity contribution in [1.29, 1.82) is 0 Å². The topological polar surface area (TPSA) is 71.5 Å². The highest BCUT2D eigenvalue weighted by atomic mass is 16.5. The Morgan fingerprint density at radius 3 is 2.55 bits per heavy atom. The van der Waals surface area contributed by atoms with Gasteiger partial charge in [-0.3, -0.25) is 14.6 Å². The van der Waals surface area contributed by atoms with Crippen LogP contribution in [-0.4, -0.2) is 47.4 Å². The lowest BCUT2D eigenvalue weighted by Crippen LogP contribution is -2.46.